The second-order valence-electron chi connectivity index (χ2n) is 2.58. The average Bonchev–Trinajstić information content (AvgIpc) is 1.86. The fourth-order valence-electron chi connectivity index (χ4n) is 0.591. The maximum Gasteiger partial charge on any atom is 0.0891 e. The lowest BCUT2D eigenvalue weighted by atomic mass is 9.96. The quantitative estimate of drug-likeness (QED) is 0.481. The van der Waals surface area contributed by atoms with Crippen molar-refractivity contribution >= 4 is 0 Å². The van der Waals surface area contributed by atoms with E-state index in [0.29, 0.717) is 0 Å². The molecule has 5 N–H and O–H groups in total. The van der Waals surface area contributed by atoms with Gasteiger partial charge in [-0.15, -0.1) is 0 Å². The van der Waals surface area contributed by atoms with E-state index in [0.717, 1.165) is 6.42 Å². The molecule has 0 aromatic rings. The van der Waals surface area contributed by atoms with Crippen LogP contribution in [0.1, 0.15) is 20.3 Å². The molecule has 2 unspecified atom stereocenters. The summed E-state index contributed by atoms with van der Waals surface area (Å²) in [4.78, 5) is 0. The second-order valence-corrected chi connectivity index (χ2v) is 2.58. The SMILES string of the molecule is CCC(N)C(C)(O)CN. The molecule has 0 amide bonds. The zero-order valence-corrected chi connectivity index (χ0v) is 6.09. The van der Waals surface area contributed by atoms with Crippen molar-refractivity contribution in [1.29, 1.82) is 0 Å². The lowest BCUT2D eigenvalue weighted by molar-refractivity contribution is 0.0404. The Labute approximate surface area is 56.0 Å². The highest BCUT2D eigenvalue weighted by Gasteiger charge is 2.24. The number of rotatable bonds is 3. The van der Waals surface area contributed by atoms with Gasteiger partial charge in [0.05, 0.1) is 5.60 Å². The van der Waals surface area contributed by atoms with E-state index in [1.165, 1.54) is 0 Å². The van der Waals surface area contributed by atoms with Gasteiger partial charge in [0.1, 0.15) is 0 Å². The maximum absolute atomic E-state index is 9.34. The van der Waals surface area contributed by atoms with Gasteiger partial charge in [0, 0.05) is 12.6 Å². The Morgan fingerprint density at radius 3 is 2.22 bits per heavy atom. The van der Waals surface area contributed by atoms with E-state index in [-0.39, 0.29) is 12.6 Å². The number of hydrogen-bond acceptors (Lipinski definition) is 3. The van der Waals surface area contributed by atoms with Crippen molar-refractivity contribution in [3.05, 3.63) is 0 Å². The third-order valence-corrected chi connectivity index (χ3v) is 1.65. The van der Waals surface area contributed by atoms with Gasteiger partial charge in [-0.2, -0.15) is 0 Å². The van der Waals surface area contributed by atoms with Crippen molar-refractivity contribution in [1.82, 2.24) is 0 Å². The van der Waals surface area contributed by atoms with E-state index in [2.05, 4.69) is 0 Å². The molecule has 0 spiro atoms. The van der Waals surface area contributed by atoms with Gasteiger partial charge in [0.2, 0.25) is 0 Å². The topological polar surface area (TPSA) is 72.3 Å². The summed E-state index contributed by atoms with van der Waals surface area (Å²) in [5, 5.41) is 9.34. The fourth-order valence-corrected chi connectivity index (χ4v) is 0.591. The summed E-state index contributed by atoms with van der Waals surface area (Å²) in [5.41, 5.74) is 9.89. The van der Waals surface area contributed by atoms with Crippen LogP contribution >= 0.6 is 0 Å². The summed E-state index contributed by atoms with van der Waals surface area (Å²) in [6.07, 6.45) is 0.754. The van der Waals surface area contributed by atoms with Gasteiger partial charge in [-0.1, -0.05) is 6.92 Å². The van der Waals surface area contributed by atoms with Gasteiger partial charge in [0.15, 0.2) is 0 Å². The highest BCUT2D eigenvalue weighted by molar-refractivity contribution is 4.84. The highest BCUT2D eigenvalue weighted by Crippen LogP contribution is 2.07. The molecule has 0 saturated carbocycles. The number of nitrogens with two attached hydrogens (primary N) is 2. The smallest absolute Gasteiger partial charge is 0.0891 e. The molecule has 56 valence electrons. The van der Waals surface area contributed by atoms with E-state index in [4.69, 9.17) is 11.5 Å². The molecule has 0 rings (SSSR count). The number of aliphatic hydroxyl groups is 1. The first-order valence-electron chi connectivity index (χ1n) is 3.22. The number of hydrogen-bond donors (Lipinski definition) is 3. The van der Waals surface area contributed by atoms with Crippen molar-refractivity contribution in [2.45, 2.75) is 31.9 Å². The van der Waals surface area contributed by atoms with Crippen molar-refractivity contribution < 1.29 is 5.11 Å². The van der Waals surface area contributed by atoms with Crippen LogP contribution in [0.4, 0.5) is 0 Å². The predicted molar refractivity (Wildman–Crippen MR) is 37.9 cm³/mol. The third kappa shape index (κ3) is 2.30. The summed E-state index contributed by atoms with van der Waals surface area (Å²) in [6.45, 7) is 3.80. The molecule has 0 aliphatic rings. The lowest BCUT2D eigenvalue weighted by Gasteiger charge is -2.27. The van der Waals surface area contributed by atoms with E-state index in [1.807, 2.05) is 6.92 Å². The zero-order valence-electron chi connectivity index (χ0n) is 6.09. The van der Waals surface area contributed by atoms with Crippen LogP contribution in [0, 0.1) is 0 Å². The first-order chi connectivity index (χ1) is 4.04. The van der Waals surface area contributed by atoms with E-state index in [1.54, 1.807) is 6.92 Å². The van der Waals surface area contributed by atoms with E-state index >= 15 is 0 Å². The van der Waals surface area contributed by atoms with Crippen LogP contribution in [0.5, 0.6) is 0 Å². The van der Waals surface area contributed by atoms with Crippen molar-refractivity contribution in [3.63, 3.8) is 0 Å². The van der Waals surface area contributed by atoms with Crippen LogP contribution in [0.15, 0.2) is 0 Å². The van der Waals surface area contributed by atoms with E-state index < -0.39 is 5.60 Å². The second kappa shape index (κ2) is 3.15. The molecular formula is C6H16N2O. The minimum atomic E-state index is -0.894. The molecule has 0 aliphatic carbocycles. The van der Waals surface area contributed by atoms with Crippen molar-refractivity contribution in [2.24, 2.45) is 11.5 Å². The fraction of sp³-hybridized carbons (Fsp3) is 1.00. The van der Waals surface area contributed by atoms with Crippen LogP contribution in [-0.4, -0.2) is 23.3 Å². The Bertz CT molecular complexity index is 83.1. The van der Waals surface area contributed by atoms with Gasteiger partial charge >= 0.3 is 0 Å². The zero-order chi connectivity index (χ0) is 7.49. The van der Waals surface area contributed by atoms with Crippen LogP contribution in [0.3, 0.4) is 0 Å². The predicted octanol–water partition coefficient (Wildman–Crippen LogP) is -0.567. The maximum atomic E-state index is 9.34. The van der Waals surface area contributed by atoms with Gasteiger partial charge in [-0.05, 0) is 13.3 Å². The molecule has 0 aromatic carbocycles. The van der Waals surface area contributed by atoms with Crippen LogP contribution in [0.2, 0.25) is 0 Å². The largest absolute Gasteiger partial charge is 0.387 e. The molecule has 0 aromatic heterocycles. The van der Waals surface area contributed by atoms with Gasteiger partial charge < -0.3 is 16.6 Å². The minimum absolute atomic E-state index is 0.206. The van der Waals surface area contributed by atoms with Crippen LogP contribution in [-0.2, 0) is 0 Å². The Morgan fingerprint density at radius 1 is 1.67 bits per heavy atom. The summed E-state index contributed by atoms with van der Waals surface area (Å²) >= 11 is 0. The summed E-state index contributed by atoms with van der Waals surface area (Å²) in [7, 11) is 0. The molecule has 3 nitrogen and oxygen atoms in total. The Hall–Kier alpha value is -0.120. The molecule has 0 saturated heterocycles. The third-order valence-electron chi connectivity index (χ3n) is 1.65. The molecule has 3 heteroatoms. The first kappa shape index (κ1) is 8.88. The summed E-state index contributed by atoms with van der Waals surface area (Å²) < 4.78 is 0. The first-order valence-corrected chi connectivity index (χ1v) is 3.22. The van der Waals surface area contributed by atoms with Crippen molar-refractivity contribution in [2.75, 3.05) is 6.54 Å². The molecule has 9 heavy (non-hydrogen) atoms. The Kier molecular flexibility index (Phi) is 3.11. The van der Waals surface area contributed by atoms with E-state index in [9.17, 15) is 5.11 Å². The van der Waals surface area contributed by atoms with Crippen LogP contribution < -0.4 is 11.5 Å². The van der Waals surface area contributed by atoms with Gasteiger partial charge in [0.25, 0.3) is 0 Å². The lowest BCUT2D eigenvalue weighted by Crippen LogP contribution is -2.50. The molecule has 0 bridgehead atoms. The van der Waals surface area contributed by atoms with Crippen LogP contribution in [0.25, 0.3) is 0 Å². The Balaban J connectivity index is 3.80. The Morgan fingerprint density at radius 2 is 2.11 bits per heavy atom. The summed E-state index contributed by atoms with van der Waals surface area (Å²) in [6, 6.07) is -0.206. The normalized spacial score (nSPS) is 21.0. The highest BCUT2D eigenvalue weighted by atomic mass is 16.3. The average molecular weight is 132 g/mol. The molecule has 2 atom stereocenters. The molecule has 0 fully saturated rings. The molecule has 0 radical (unpaired) electrons. The van der Waals surface area contributed by atoms with Crippen molar-refractivity contribution in [3.8, 4) is 0 Å². The molecule has 0 aliphatic heterocycles. The standard InChI is InChI=1S/C6H16N2O/c1-3-5(8)6(2,9)4-7/h5,9H,3-4,7-8H2,1-2H3. The van der Waals surface area contributed by atoms with Gasteiger partial charge in [-0.25, -0.2) is 0 Å². The molecular weight excluding hydrogens is 116 g/mol. The monoisotopic (exact) mass is 132 g/mol. The molecule has 0 heterocycles. The minimum Gasteiger partial charge on any atom is -0.387 e. The summed E-state index contributed by atoms with van der Waals surface area (Å²) in [5.74, 6) is 0. The van der Waals surface area contributed by atoms with Gasteiger partial charge in [-0.3, -0.25) is 0 Å².